The Morgan fingerprint density at radius 1 is 1.55 bits per heavy atom. The van der Waals surface area contributed by atoms with Crippen LogP contribution in [-0.4, -0.2) is 18.6 Å². The number of nitrogens with one attached hydrogen (secondary N) is 1. The van der Waals surface area contributed by atoms with Crippen LogP contribution in [0.1, 0.15) is 49.8 Å². The van der Waals surface area contributed by atoms with Gasteiger partial charge in [-0.1, -0.05) is 12.1 Å². The average Bonchev–Trinajstić information content (AvgIpc) is 2.92. The van der Waals surface area contributed by atoms with Gasteiger partial charge in [0, 0.05) is 13.0 Å². The highest BCUT2D eigenvalue weighted by Crippen LogP contribution is 2.18. The second-order valence-corrected chi connectivity index (χ2v) is 5.47. The lowest BCUT2D eigenvalue weighted by Gasteiger charge is -2.16. The van der Waals surface area contributed by atoms with Gasteiger partial charge in [0.25, 0.3) is 0 Å². The summed E-state index contributed by atoms with van der Waals surface area (Å²) in [7, 11) is 0. The fourth-order valence-electron chi connectivity index (χ4n) is 2.44. The summed E-state index contributed by atoms with van der Waals surface area (Å²) in [6.07, 6.45) is 3.59. The highest BCUT2D eigenvalue weighted by Gasteiger charge is 2.17. The Morgan fingerprint density at radius 3 is 3.00 bits per heavy atom. The van der Waals surface area contributed by atoms with E-state index < -0.39 is 0 Å². The van der Waals surface area contributed by atoms with E-state index in [0.717, 1.165) is 31.4 Å². The van der Waals surface area contributed by atoms with Gasteiger partial charge >= 0.3 is 0 Å². The topological polar surface area (TPSA) is 38.3 Å². The van der Waals surface area contributed by atoms with Crippen LogP contribution in [0, 0.1) is 12.7 Å². The summed E-state index contributed by atoms with van der Waals surface area (Å²) in [6.45, 7) is 4.41. The predicted octanol–water partition coefficient (Wildman–Crippen LogP) is 3.27. The summed E-state index contributed by atoms with van der Waals surface area (Å²) in [5, 5.41) is 2.91. The third-order valence-corrected chi connectivity index (χ3v) is 3.79. The van der Waals surface area contributed by atoms with Crippen molar-refractivity contribution in [1.82, 2.24) is 5.32 Å². The molecule has 1 fully saturated rings. The zero-order valence-corrected chi connectivity index (χ0v) is 12.1. The highest BCUT2D eigenvalue weighted by atomic mass is 19.1. The quantitative estimate of drug-likeness (QED) is 0.898. The maximum atomic E-state index is 13.5. The van der Waals surface area contributed by atoms with Gasteiger partial charge in [-0.2, -0.15) is 0 Å². The van der Waals surface area contributed by atoms with E-state index in [1.165, 1.54) is 6.07 Å². The molecule has 1 aromatic carbocycles. The zero-order chi connectivity index (χ0) is 14.5. The first-order chi connectivity index (χ1) is 9.56. The molecule has 0 unspecified atom stereocenters. The second kappa shape index (κ2) is 6.84. The molecule has 0 radical (unpaired) electrons. The van der Waals surface area contributed by atoms with E-state index in [2.05, 4.69) is 5.32 Å². The van der Waals surface area contributed by atoms with Gasteiger partial charge in [-0.25, -0.2) is 4.39 Å². The number of ether oxygens (including phenoxy) is 1. The standard InChI is InChI=1S/C16H22FNO2/c1-11-5-6-13(10-15(11)17)12(2)18-16(19)8-7-14-4-3-9-20-14/h5-6,10,12,14H,3-4,7-9H2,1-2H3,(H,18,19)/t12-,14-/m1/s1. The second-order valence-electron chi connectivity index (χ2n) is 5.47. The van der Waals surface area contributed by atoms with E-state index in [1.54, 1.807) is 13.0 Å². The summed E-state index contributed by atoms with van der Waals surface area (Å²) in [6, 6.07) is 4.89. The molecule has 4 heteroatoms. The van der Waals surface area contributed by atoms with Gasteiger partial charge in [0.2, 0.25) is 5.91 Å². The molecule has 2 atom stereocenters. The first-order valence-corrected chi connectivity index (χ1v) is 7.23. The smallest absolute Gasteiger partial charge is 0.220 e. The minimum Gasteiger partial charge on any atom is -0.378 e. The molecule has 2 rings (SSSR count). The molecule has 110 valence electrons. The first-order valence-electron chi connectivity index (χ1n) is 7.23. The van der Waals surface area contributed by atoms with Gasteiger partial charge in [0.05, 0.1) is 12.1 Å². The number of hydrogen-bond acceptors (Lipinski definition) is 2. The van der Waals surface area contributed by atoms with Crippen LogP contribution >= 0.6 is 0 Å². The maximum absolute atomic E-state index is 13.5. The number of hydrogen-bond donors (Lipinski definition) is 1. The van der Waals surface area contributed by atoms with E-state index in [0.29, 0.717) is 12.0 Å². The van der Waals surface area contributed by atoms with Crippen molar-refractivity contribution in [2.45, 2.75) is 51.7 Å². The molecule has 0 bridgehead atoms. The van der Waals surface area contributed by atoms with Crippen molar-refractivity contribution in [2.75, 3.05) is 6.61 Å². The molecule has 0 aliphatic carbocycles. The molecule has 1 aromatic rings. The maximum Gasteiger partial charge on any atom is 0.220 e. The van der Waals surface area contributed by atoms with Crippen molar-refractivity contribution in [3.8, 4) is 0 Å². The monoisotopic (exact) mass is 279 g/mol. The number of halogens is 1. The summed E-state index contributed by atoms with van der Waals surface area (Å²) in [5.74, 6) is -0.239. The molecular formula is C16H22FNO2. The zero-order valence-electron chi connectivity index (χ0n) is 12.1. The molecule has 1 saturated heterocycles. The number of benzene rings is 1. The minimum atomic E-state index is -0.233. The van der Waals surface area contributed by atoms with Crippen LogP contribution in [0.15, 0.2) is 18.2 Å². The highest BCUT2D eigenvalue weighted by molar-refractivity contribution is 5.76. The Labute approximate surface area is 119 Å². The first kappa shape index (κ1) is 15.0. The summed E-state index contributed by atoms with van der Waals surface area (Å²) in [5.41, 5.74) is 1.41. The van der Waals surface area contributed by atoms with Crippen molar-refractivity contribution < 1.29 is 13.9 Å². The van der Waals surface area contributed by atoms with Crippen LogP contribution in [0.2, 0.25) is 0 Å². The SMILES string of the molecule is Cc1ccc([C@@H](C)NC(=O)CC[C@H]2CCCO2)cc1F. The molecule has 0 saturated carbocycles. The van der Waals surface area contributed by atoms with Crippen LogP contribution in [-0.2, 0) is 9.53 Å². The minimum absolute atomic E-state index is 0.00557. The lowest BCUT2D eigenvalue weighted by atomic mass is 10.1. The van der Waals surface area contributed by atoms with Gasteiger partial charge in [-0.05, 0) is 50.3 Å². The Bertz CT molecular complexity index is 470. The van der Waals surface area contributed by atoms with E-state index in [-0.39, 0.29) is 23.9 Å². The largest absolute Gasteiger partial charge is 0.378 e. The van der Waals surface area contributed by atoms with Gasteiger partial charge in [0.15, 0.2) is 0 Å². The summed E-state index contributed by atoms with van der Waals surface area (Å²) in [4.78, 5) is 11.9. The number of carbonyl (C=O) groups is 1. The number of amides is 1. The van der Waals surface area contributed by atoms with Crippen molar-refractivity contribution >= 4 is 5.91 Å². The molecular weight excluding hydrogens is 257 g/mol. The molecule has 1 heterocycles. The van der Waals surface area contributed by atoms with Crippen LogP contribution in [0.25, 0.3) is 0 Å². The van der Waals surface area contributed by atoms with E-state index >= 15 is 0 Å². The average molecular weight is 279 g/mol. The van der Waals surface area contributed by atoms with Crippen molar-refractivity contribution in [3.05, 3.63) is 35.1 Å². The van der Waals surface area contributed by atoms with Crippen LogP contribution < -0.4 is 5.32 Å². The van der Waals surface area contributed by atoms with Gasteiger partial charge in [-0.3, -0.25) is 4.79 Å². The summed E-state index contributed by atoms with van der Waals surface area (Å²) < 4.78 is 19.0. The number of rotatable bonds is 5. The number of aryl methyl sites for hydroxylation is 1. The normalized spacial score (nSPS) is 19.9. The van der Waals surface area contributed by atoms with E-state index in [1.807, 2.05) is 13.0 Å². The van der Waals surface area contributed by atoms with Gasteiger partial charge in [-0.15, -0.1) is 0 Å². The predicted molar refractivity (Wildman–Crippen MR) is 75.9 cm³/mol. The Morgan fingerprint density at radius 2 is 2.35 bits per heavy atom. The molecule has 1 amide bonds. The Balaban J connectivity index is 1.81. The van der Waals surface area contributed by atoms with E-state index in [9.17, 15) is 9.18 Å². The fourth-order valence-corrected chi connectivity index (χ4v) is 2.44. The Kier molecular flexibility index (Phi) is 5.12. The summed E-state index contributed by atoms with van der Waals surface area (Å²) >= 11 is 0. The molecule has 3 nitrogen and oxygen atoms in total. The molecule has 1 aliphatic heterocycles. The van der Waals surface area contributed by atoms with Crippen molar-refractivity contribution in [3.63, 3.8) is 0 Å². The van der Waals surface area contributed by atoms with E-state index in [4.69, 9.17) is 4.74 Å². The van der Waals surface area contributed by atoms with Crippen molar-refractivity contribution in [1.29, 1.82) is 0 Å². The van der Waals surface area contributed by atoms with Gasteiger partial charge in [0.1, 0.15) is 5.82 Å². The van der Waals surface area contributed by atoms with Gasteiger partial charge < -0.3 is 10.1 Å². The third-order valence-electron chi connectivity index (χ3n) is 3.79. The van der Waals surface area contributed by atoms with Crippen LogP contribution in [0.3, 0.4) is 0 Å². The molecule has 0 spiro atoms. The Hall–Kier alpha value is -1.42. The fraction of sp³-hybridized carbons (Fsp3) is 0.562. The van der Waals surface area contributed by atoms with Crippen LogP contribution in [0.5, 0.6) is 0 Å². The molecule has 1 aliphatic rings. The molecule has 20 heavy (non-hydrogen) atoms. The number of carbonyl (C=O) groups excluding carboxylic acids is 1. The van der Waals surface area contributed by atoms with Crippen molar-refractivity contribution in [2.24, 2.45) is 0 Å². The molecule has 0 aromatic heterocycles. The lowest BCUT2D eigenvalue weighted by molar-refractivity contribution is -0.122. The van der Waals surface area contributed by atoms with Crippen LogP contribution in [0.4, 0.5) is 4.39 Å². The molecule has 1 N–H and O–H groups in total. The third kappa shape index (κ3) is 4.04. The lowest BCUT2D eigenvalue weighted by Crippen LogP contribution is -2.27.